The topological polar surface area (TPSA) is 92.2 Å². The molecule has 2 aliphatic rings. The number of hydrogen-bond acceptors (Lipinski definition) is 7. The third kappa shape index (κ3) is 4.71. The highest BCUT2D eigenvalue weighted by Crippen LogP contribution is 2.33. The van der Waals surface area contributed by atoms with E-state index in [9.17, 15) is 14.9 Å². The number of nitro benzene ring substituents is 1. The number of thioether (sulfide) groups is 1. The quantitative estimate of drug-likeness (QED) is 0.276. The average Bonchev–Trinajstić information content (AvgIpc) is 3.46. The Morgan fingerprint density at radius 1 is 1.03 bits per heavy atom. The van der Waals surface area contributed by atoms with Crippen LogP contribution in [0.5, 0.6) is 0 Å². The number of benzene rings is 2. The van der Waals surface area contributed by atoms with E-state index >= 15 is 0 Å². The van der Waals surface area contributed by atoms with Crippen molar-refractivity contribution in [3.63, 3.8) is 0 Å². The molecule has 5 rings (SSSR count). The summed E-state index contributed by atoms with van der Waals surface area (Å²) in [4.78, 5) is 32.0. The van der Waals surface area contributed by atoms with E-state index < -0.39 is 4.92 Å². The van der Waals surface area contributed by atoms with E-state index in [1.807, 2.05) is 24.3 Å². The monoisotopic (exact) mass is 494 g/mol. The van der Waals surface area contributed by atoms with E-state index in [4.69, 9.17) is 16.0 Å². The molecule has 2 aliphatic heterocycles. The molecule has 0 radical (unpaired) electrons. The van der Waals surface area contributed by atoms with Gasteiger partial charge in [-0.15, -0.1) is 0 Å². The number of piperazine rings is 1. The van der Waals surface area contributed by atoms with Gasteiger partial charge in [-0.05, 0) is 54.2 Å². The van der Waals surface area contributed by atoms with Crippen molar-refractivity contribution < 1.29 is 14.1 Å². The van der Waals surface area contributed by atoms with Crippen LogP contribution in [0, 0.1) is 10.1 Å². The Bertz CT molecular complexity index is 1310. The fourth-order valence-corrected chi connectivity index (χ4v) is 4.95. The summed E-state index contributed by atoms with van der Waals surface area (Å²) in [6.07, 6.45) is 1.68. The number of amides is 1. The van der Waals surface area contributed by atoms with Gasteiger partial charge in [0.05, 0.1) is 9.83 Å². The van der Waals surface area contributed by atoms with Crippen molar-refractivity contribution in [2.45, 2.75) is 0 Å². The van der Waals surface area contributed by atoms with Crippen LogP contribution in [-0.4, -0.2) is 47.1 Å². The van der Waals surface area contributed by atoms with Crippen molar-refractivity contribution >= 4 is 51.9 Å². The highest BCUT2D eigenvalue weighted by atomic mass is 35.5. The summed E-state index contributed by atoms with van der Waals surface area (Å²) in [5.74, 6) is 0.799. The number of carbonyl (C=O) groups excluding carboxylic acids is 1. The van der Waals surface area contributed by atoms with Crippen LogP contribution >= 0.6 is 23.4 Å². The van der Waals surface area contributed by atoms with Gasteiger partial charge in [0.15, 0.2) is 5.17 Å². The zero-order valence-corrected chi connectivity index (χ0v) is 19.5. The van der Waals surface area contributed by atoms with Crippen LogP contribution in [0.25, 0.3) is 17.4 Å². The van der Waals surface area contributed by atoms with Crippen LogP contribution in [0.1, 0.15) is 5.76 Å². The smallest absolute Gasteiger partial charge is 0.286 e. The number of halogens is 1. The van der Waals surface area contributed by atoms with E-state index in [1.165, 1.54) is 23.9 Å². The highest BCUT2D eigenvalue weighted by Gasteiger charge is 2.29. The second kappa shape index (κ2) is 9.36. The summed E-state index contributed by atoms with van der Waals surface area (Å²) in [6, 6.07) is 17.5. The van der Waals surface area contributed by atoms with Crippen LogP contribution in [-0.2, 0) is 4.79 Å². The van der Waals surface area contributed by atoms with Gasteiger partial charge in [-0.1, -0.05) is 17.7 Å². The van der Waals surface area contributed by atoms with E-state index in [1.54, 1.807) is 30.3 Å². The largest absolute Gasteiger partial charge is 0.457 e. The minimum absolute atomic E-state index is 0.0173. The SMILES string of the molecule is O=C1N=C(N2CCN(c3cccc(Cl)c3)CC2)SC1=Cc1ccc(-c2ccc([N+](=O)[O-])cc2)o1. The maximum absolute atomic E-state index is 12.5. The van der Waals surface area contributed by atoms with Crippen molar-refractivity contribution in [3.05, 3.63) is 86.5 Å². The van der Waals surface area contributed by atoms with Gasteiger partial charge in [0, 0.05) is 60.7 Å². The zero-order valence-electron chi connectivity index (χ0n) is 17.9. The van der Waals surface area contributed by atoms with E-state index in [0.29, 0.717) is 26.6 Å². The highest BCUT2D eigenvalue weighted by molar-refractivity contribution is 8.18. The predicted molar refractivity (Wildman–Crippen MR) is 134 cm³/mol. The minimum atomic E-state index is -0.445. The molecular weight excluding hydrogens is 476 g/mol. The number of rotatable bonds is 4. The molecule has 1 amide bonds. The Kier molecular flexibility index (Phi) is 6.12. The molecule has 1 aromatic heterocycles. The third-order valence-corrected chi connectivity index (χ3v) is 6.88. The molecule has 0 N–H and O–H groups in total. The molecule has 8 nitrogen and oxygen atoms in total. The number of nitrogens with zero attached hydrogens (tertiary/aromatic N) is 4. The van der Waals surface area contributed by atoms with Gasteiger partial charge in [-0.3, -0.25) is 14.9 Å². The molecule has 0 bridgehead atoms. The van der Waals surface area contributed by atoms with Gasteiger partial charge in [0.2, 0.25) is 0 Å². The molecule has 34 heavy (non-hydrogen) atoms. The lowest BCUT2D eigenvalue weighted by Crippen LogP contribution is -2.47. The van der Waals surface area contributed by atoms with Crippen LogP contribution in [0.15, 0.2) is 75.0 Å². The number of amidine groups is 1. The zero-order chi connectivity index (χ0) is 23.7. The Morgan fingerprint density at radius 2 is 1.76 bits per heavy atom. The lowest BCUT2D eigenvalue weighted by atomic mass is 10.1. The van der Waals surface area contributed by atoms with Crippen LogP contribution in [0.3, 0.4) is 0 Å². The fraction of sp³-hybridized carbons (Fsp3) is 0.167. The number of carbonyl (C=O) groups is 1. The van der Waals surface area contributed by atoms with Crippen molar-refractivity contribution in [1.82, 2.24) is 4.90 Å². The summed E-state index contributed by atoms with van der Waals surface area (Å²) >= 11 is 7.46. The molecule has 3 aromatic rings. The number of aliphatic imine (C=N–C) groups is 1. The molecule has 0 unspecified atom stereocenters. The fourth-order valence-electron chi connectivity index (χ4n) is 3.82. The summed E-state index contributed by atoms with van der Waals surface area (Å²) < 4.78 is 5.84. The summed E-state index contributed by atoms with van der Waals surface area (Å²) in [7, 11) is 0. The lowest BCUT2D eigenvalue weighted by molar-refractivity contribution is -0.384. The Hall–Kier alpha value is -3.56. The van der Waals surface area contributed by atoms with Crippen molar-refractivity contribution in [2.75, 3.05) is 31.1 Å². The Morgan fingerprint density at radius 3 is 2.47 bits per heavy atom. The first-order valence-electron chi connectivity index (χ1n) is 10.6. The second-order valence-electron chi connectivity index (χ2n) is 7.77. The minimum Gasteiger partial charge on any atom is -0.457 e. The summed E-state index contributed by atoms with van der Waals surface area (Å²) in [5, 5.41) is 12.2. The lowest BCUT2D eigenvalue weighted by Gasteiger charge is -2.36. The number of nitro groups is 1. The maximum Gasteiger partial charge on any atom is 0.286 e. The second-order valence-corrected chi connectivity index (χ2v) is 9.22. The molecule has 0 aliphatic carbocycles. The van der Waals surface area contributed by atoms with Gasteiger partial charge in [-0.25, -0.2) is 0 Å². The van der Waals surface area contributed by atoms with Crippen LogP contribution < -0.4 is 4.90 Å². The molecule has 10 heteroatoms. The first-order chi connectivity index (χ1) is 16.5. The first-order valence-corrected chi connectivity index (χ1v) is 11.8. The summed E-state index contributed by atoms with van der Waals surface area (Å²) in [6.45, 7) is 3.13. The normalized spacial score (nSPS) is 17.4. The van der Waals surface area contributed by atoms with E-state index in [-0.39, 0.29) is 11.6 Å². The number of non-ortho nitro benzene ring substituents is 1. The number of hydrogen-bond donors (Lipinski definition) is 0. The van der Waals surface area contributed by atoms with Gasteiger partial charge < -0.3 is 14.2 Å². The van der Waals surface area contributed by atoms with Crippen LogP contribution in [0.4, 0.5) is 11.4 Å². The van der Waals surface area contributed by atoms with Crippen molar-refractivity contribution in [1.29, 1.82) is 0 Å². The van der Waals surface area contributed by atoms with Gasteiger partial charge >= 0.3 is 0 Å². The van der Waals surface area contributed by atoms with E-state index in [0.717, 1.165) is 37.4 Å². The molecule has 0 spiro atoms. The van der Waals surface area contributed by atoms with Gasteiger partial charge in [-0.2, -0.15) is 4.99 Å². The molecule has 1 saturated heterocycles. The first kappa shape index (κ1) is 22.2. The summed E-state index contributed by atoms with van der Waals surface area (Å²) in [5.41, 5.74) is 1.82. The molecular formula is C24H19ClN4O4S. The van der Waals surface area contributed by atoms with Gasteiger partial charge in [0.25, 0.3) is 11.6 Å². The van der Waals surface area contributed by atoms with Crippen LogP contribution in [0.2, 0.25) is 5.02 Å². The van der Waals surface area contributed by atoms with E-state index in [2.05, 4.69) is 14.8 Å². The van der Waals surface area contributed by atoms with Crippen molar-refractivity contribution in [2.24, 2.45) is 4.99 Å². The predicted octanol–water partition coefficient (Wildman–Crippen LogP) is 5.30. The number of anilines is 1. The Labute approximate surface area is 204 Å². The number of furan rings is 1. The van der Waals surface area contributed by atoms with Crippen molar-refractivity contribution in [3.8, 4) is 11.3 Å². The molecule has 0 saturated carbocycles. The molecule has 2 aromatic carbocycles. The van der Waals surface area contributed by atoms with Gasteiger partial charge in [0.1, 0.15) is 11.5 Å². The molecule has 172 valence electrons. The average molecular weight is 495 g/mol. The Balaban J connectivity index is 1.22. The molecule has 3 heterocycles. The molecule has 1 fully saturated rings. The maximum atomic E-state index is 12.5. The molecule has 0 atom stereocenters. The standard InChI is InChI=1S/C24H19ClN4O4S/c25-17-2-1-3-19(14-17)27-10-12-28(13-11-27)24-26-23(30)22(34-24)15-20-8-9-21(33-20)16-4-6-18(7-5-16)29(31)32/h1-9,14-15H,10-13H2. The third-order valence-electron chi connectivity index (χ3n) is 5.60.